The van der Waals surface area contributed by atoms with Crippen LogP contribution in [0.5, 0.6) is 0 Å². The van der Waals surface area contributed by atoms with Crippen LogP contribution in [0, 0.1) is 15.9 Å². The summed E-state index contributed by atoms with van der Waals surface area (Å²) in [6, 6.07) is 10.9. The molecule has 1 aliphatic heterocycles. The Morgan fingerprint density at radius 3 is 2.63 bits per heavy atom. The molecule has 2 aromatic carbocycles. The lowest BCUT2D eigenvalue weighted by Gasteiger charge is -2.30. The van der Waals surface area contributed by atoms with E-state index in [9.17, 15) is 19.3 Å². The first-order valence-electron chi connectivity index (χ1n) is 8.71. The van der Waals surface area contributed by atoms with E-state index in [1.54, 1.807) is 35.2 Å². The van der Waals surface area contributed by atoms with E-state index >= 15 is 0 Å². The van der Waals surface area contributed by atoms with Gasteiger partial charge in [-0.25, -0.2) is 4.39 Å². The molecule has 1 N–H and O–H groups in total. The van der Waals surface area contributed by atoms with Crippen LogP contribution in [-0.4, -0.2) is 49.0 Å². The number of carbonyl (C=O) groups is 1. The predicted octanol–water partition coefficient (Wildman–Crippen LogP) is 2.00. The lowest BCUT2D eigenvalue weighted by atomic mass is 10.1. The molecular weight excluding hydrogens is 369 g/mol. The summed E-state index contributed by atoms with van der Waals surface area (Å²) in [6.07, 6.45) is 0. The molecular formula is C19H21FN3O3S+. The number of benzene rings is 2. The Balaban J connectivity index is 1.77. The first-order chi connectivity index (χ1) is 13.0. The van der Waals surface area contributed by atoms with Crippen molar-refractivity contribution in [2.75, 3.05) is 33.2 Å². The highest BCUT2D eigenvalue weighted by molar-refractivity contribution is 7.98. The fourth-order valence-corrected chi connectivity index (χ4v) is 3.95. The second kappa shape index (κ2) is 8.49. The number of nitrogens with zero attached hydrogens (tertiary/aromatic N) is 2. The molecule has 1 heterocycles. The molecule has 27 heavy (non-hydrogen) atoms. The molecule has 0 spiro atoms. The molecule has 1 aliphatic rings. The molecule has 0 aliphatic carbocycles. The highest BCUT2D eigenvalue weighted by atomic mass is 32.2. The normalized spacial score (nSPS) is 15.0. The van der Waals surface area contributed by atoms with Crippen LogP contribution >= 0.6 is 11.8 Å². The number of thioether (sulfide) groups is 1. The molecule has 1 amide bonds. The minimum Gasteiger partial charge on any atom is -0.334 e. The summed E-state index contributed by atoms with van der Waals surface area (Å²) in [5.41, 5.74) is 0.676. The number of nitro benzene ring substituents is 1. The number of nitrogens with one attached hydrogen (secondary N) is 1. The molecule has 1 fully saturated rings. The number of nitro groups is 1. The maximum absolute atomic E-state index is 13.8. The van der Waals surface area contributed by atoms with Crippen LogP contribution in [0.1, 0.15) is 15.9 Å². The number of carbonyl (C=O) groups excluding carboxylic acids is 1. The molecule has 0 bridgehead atoms. The summed E-state index contributed by atoms with van der Waals surface area (Å²) in [5, 5.41) is 11.5. The number of halogens is 1. The van der Waals surface area contributed by atoms with Crippen LogP contribution in [0.25, 0.3) is 0 Å². The van der Waals surface area contributed by atoms with Crippen molar-refractivity contribution in [2.24, 2.45) is 0 Å². The molecule has 142 valence electrons. The zero-order valence-electron chi connectivity index (χ0n) is 15.0. The highest BCUT2D eigenvalue weighted by Crippen LogP contribution is 2.33. The van der Waals surface area contributed by atoms with Crippen molar-refractivity contribution in [2.45, 2.75) is 10.6 Å². The average Bonchev–Trinajstić information content (AvgIpc) is 2.67. The van der Waals surface area contributed by atoms with Gasteiger partial charge in [0.05, 0.1) is 43.0 Å². The zero-order chi connectivity index (χ0) is 19.4. The minimum atomic E-state index is -0.491. The van der Waals surface area contributed by atoms with Gasteiger partial charge in [-0.05, 0) is 23.8 Å². The molecule has 0 unspecified atom stereocenters. The van der Waals surface area contributed by atoms with E-state index in [0.717, 1.165) is 13.1 Å². The number of hydrogen-bond donors (Lipinski definition) is 1. The van der Waals surface area contributed by atoms with Crippen LogP contribution in [0.15, 0.2) is 47.4 Å². The number of piperazine rings is 1. The third-order valence-electron chi connectivity index (χ3n) is 4.65. The summed E-state index contributed by atoms with van der Waals surface area (Å²) < 4.78 is 13.8. The molecule has 0 atom stereocenters. The quantitative estimate of drug-likeness (QED) is 0.482. The van der Waals surface area contributed by atoms with Crippen molar-refractivity contribution in [1.29, 1.82) is 0 Å². The van der Waals surface area contributed by atoms with Crippen LogP contribution in [-0.2, 0) is 5.75 Å². The number of hydrogen-bond acceptors (Lipinski definition) is 4. The van der Waals surface area contributed by atoms with Gasteiger partial charge in [0, 0.05) is 17.4 Å². The third kappa shape index (κ3) is 4.64. The molecule has 0 aromatic heterocycles. The van der Waals surface area contributed by atoms with Gasteiger partial charge in [-0.1, -0.05) is 18.2 Å². The van der Waals surface area contributed by atoms with Crippen molar-refractivity contribution < 1.29 is 19.0 Å². The van der Waals surface area contributed by atoms with Gasteiger partial charge in [0.15, 0.2) is 0 Å². The molecule has 8 heteroatoms. The van der Waals surface area contributed by atoms with Gasteiger partial charge in [-0.3, -0.25) is 14.9 Å². The Morgan fingerprint density at radius 2 is 1.96 bits per heavy atom. The molecule has 3 rings (SSSR count). The molecule has 0 saturated carbocycles. The highest BCUT2D eigenvalue weighted by Gasteiger charge is 2.25. The summed E-state index contributed by atoms with van der Waals surface area (Å²) in [4.78, 5) is 27.2. The zero-order valence-corrected chi connectivity index (χ0v) is 15.8. The standard InChI is InChI=1S/C19H20FN3O3S/c1-21-8-10-22(11-9-21)19(24)14-6-7-18(17(12-14)23(25)26)27-13-15-4-2-3-5-16(15)20/h2-7,12H,8-11,13H2,1H3/p+1. The summed E-state index contributed by atoms with van der Waals surface area (Å²) in [5.74, 6) is -0.241. The largest absolute Gasteiger partial charge is 0.334 e. The summed E-state index contributed by atoms with van der Waals surface area (Å²) in [6.45, 7) is 3.01. The fraction of sp³-hybridized carbons (Fsp3) is 0.316. The van der Waals surface area contributed by atoms with Gasteiger partial charge >= 0.3 is 0 Å². The van der Waals surface area contributed by atoms with E-state index in [2.05, 4.69) is 7.05 Å². The monoisotopic (exact) mass is 390 g/mol. The van der Waals surface area contributed by atoms with E-state index in [0.29, 0.717) is 29.1 Å². The maximum Gasteiger partial charge on any atom is 0.283 e. The van der Waals surface area contributed by atoms with Gasteiger partial charge in [-0.2, -0.15) is 0 Å². The van der Waals surface area contributed by atoms with Crippen LogP contribution in [0.3, 0.4) is 0 Å². The van der Waals surface area contributed by atoms with E-state index < -0.39 is 4.92 Å². The Hall–Kier alpha value is -2.45. The minimum absolute atomic E-state index is 0.123. The van der Waals surface area contributed by atoms with Crippen LogP contribution < -0.4 is 4.90 Å². The maximum atomic E-state index is 13.8. The first-order valence-corrected chi connectivity index (χ1v) is 9.69. The van der Waals surface area contributed by atoms with E-state index in [-0.39, 0.29) is 23.2 Å². The van der Waals surface area contributed by atoms with Crippen molar-refractivity contribution in [1.82, 2.24) is 4.90 Å². The van der Waals surface area contributed by atoms with Gasteiger partial charge < -0.3 is 9.80 Å². The second-order valence-corrected chi connectivity index (χ2v) is 7.59. The Kier molecular flexibility index (Phi) is 6.08. The first kappa shape index (κ1) is 19.3. The number of quaternary nitrogens is 1. The van der Waals surface area contributed by atoms with E-state index in [1.165, 1.54) is 28.8 Å². The van der Waals surface area contributed by atoms with Gasteiger partial charge in [0.25, 0.3) is 11.6 Å². The lowest BCUT2D eigenvalue weighted by Crippen LogP contribution is -3.12. The molecule has 1 saturated heterocycles. The molecule has 2 aromatic rings. The Labute approximate surface area is 161 Å². The third-order valence-corrected chi connectivity index (χ3v) is 5.76. The Morgan fingerprint density at radius 1 is 1.26 bits per heavy atom. The summed E-state index contributed by atoms with van der Waals surface area (Å²) in [7, 11) is 2.08. The Bertz CT molecular complexity index is 854. The second-order valence-electron chi connectivity index (χ2n) is 6.57. The number of rotatable bonds is 5. The molecule has 6 nitrogen and oxygen atoms in total. The molecule has 0 radical (unpaired) electrons. The van der Waals surface area contributed by atoms with Crippen molar-refractivity contribution >= 4 is 23.4 Å². The fourth-order valence-electron chi connectivity index (χ4n) is 2.96. The summed E-state index contributed by atoms with van der Waals surface area (Å²) >= 11 is 1.19. The topological polar surface area (TPSA) is 67.9 Å². The van der Waals surface area contributed by atoms with Gasteiger partial charge in [0.1, 0.15) is 5.82 Å². The van der Waals surface area contributed by atoms with Gasteiger partial charge in [-0.15, -0.1) is 11.8 Å². The van der Waals surface area contributed by atoms with Crippen LogP contribution in [0.4, 0.5) is 10.1 Å². The smallest absolute Gasteiger partial charge is 0.283 e. The number of likely N-dealkylation sites (N-methyl/N-ethyl adjacent to an activating group) is 1. The van der Waals surface area contributed by atoms with Crippen molar-refractivity contribution in [3.05, 3.63) is 69.5 Å². The SMILES string of the molecule is C[NH+]1CCN(C(=O)c2ccc(SCc3ccccc3F)c([N+](=O)[O-])c2)CC1. The average molecular weight is 390 g/mol. The lowest BCUT2D eigenvalue weighted by molar-refractivity contribution is -0.883. The van der Waals surface area contributed by atoms with E-state index in [4.69, 9.17) is 0 Å². The van der Waals surface area contributed by atoms with Crippen molar-refractivity contribution in [3.8, 4) is 0 Å². The van der Waals surface area contributed by atoms with Crippen molar-refractivity contribution in [3.63, 3.8) is 0 Å². The van der Waals surface area contributed by atoms with Crippen LogP contribution in [0.2, 0.25) is 0 Å². The predicted molar refractivity (Wildman–Crippen MR) is 102 cm³/mol. The number of amides is 1. The van der Waals surface area contributed by atoms with Gasteiger partial charge in [0.2, 0.25) is 0 Å². The van der Waals surface area contributed by atoms with E-state index in [1.807, 2.05) is 0 Å².